The van der Waals surface area contributed by atoms with Crippen LogP contribution in [0.2, 0.25) is 5.02 Å². The van der Waals surface area contributed by atoms with Gasteiger partial charge in [-0.15, -0.1) is 0 Å². The molecule has 3 rings (SSSR count). The minimum Gasteiger partial charge on any atom is -0.867 e. The van der Waals surface area contributed by atoms with Gasteiger partial charge in [-0.05, 0) is 47.3 Å². The predicted octanol–water partition coefficient (Wildman–Crippen LogP) is 2.05. The lowest BCUT2D eigenvalue weighted by Crippen LogP contribution is -2.31. The van der Waals surface area contributed by atoms with Crippen molar-refractivity contribution in [1.29, 1.82) is 0 Å². The van der Waals surface area contributed by atoms with E-state index in [4.69, 9.17) is 33.3 Å². The van der Waals surface area contributed by atoms with E-state index in [1.165, 1.54) is 6.07 Å². The molecule has 27 heavy (non-hydrogen) atoms. The number of rotatable bonds is 5. The fourth-order valence-electron chi connectivity index (χ4n) is 2.26. The molecule has 0 fully saturated rings. The van der Waals surface area contributed by atoms with Gasteiger partial charge in [0.25, 0.3) is 5.69 Å². The highest BCUT2D eigenvalue weighted by Gasteiger charge is 2.13. The van der Waals surface area contributed by atoms with Gasteiger partial charge in [-0.2, -0.15) is 5.10 Å². The SMILES string of the molecule is O=[N+]([O-])c1cc(Cl)cc(/C=N\NC(=S)NCc2ccc3c(c2)OCO3)c1[O-]. The van der Waals surface area contributed by atoms with Crippen LogP contribution < -0.4 is 25.3 Å². The molecule has 0 saturated heterocycles. The Labute approximate surface area is 163 Å². The Bertz CT molecular complexity index is 937. The molecule has 1 heterocycles. The van der Waals surface area contributed by atoms with Gasteiger partial charge in [-0.25, -0.2) is 0 Å². The molecule has 0 amide bonds. The maximum absolute atomic E-state index is 12.0. The van der Waals surface area contributed by atoms with Crippen molar-refractivity contribution >= 4 is 40.8 Å². The highest BCUT2D eigenvalue weighted by atomic mass is 35.5. The standard InChI is InChI=1S/C16H13ClN4O5S/c17-11-4-10(15(22)12(5-11)21(23)24)7-19-20-16(27)18-6-9-1-2-13-14(3-9)26-8-25-13/h1-5,7,22H,6,8H2,(H2,18,20,27)/p-1/b19-7-. The molecule has 1 aliphatic heterocycles. The highest BCUT2D eigenvalue weighted by Crippen LogP contribution is 2.32. The molecular formula is C16H12ClN4O5S-. The van der Waals surface area contributed by atoms with Crippen LogP contribution in [-0.4, -0.2) is 23.0 Å². The smallest absolute Gasteiger partial charge is 0.263 e. The number of nitrogens with one attached hydrogen (secondary N) is 2. The van der Waals surface area contributed by atoms with E-state index in [9.17, 15) is 15.2 Å². The van der Waals surface area contributed by atoms with Gasteiger partial charge < -0.3 is 19.9 Å². The van der Waals surface area contributed by atoms with E-state index in [0.717, 1.165) is 17.8 Å². The molecule has 0 unspecified atom stereocenters. The molecule has 0 atom stereocenters. The Kier molecular flexibility index (Phi) is 5.57. The highest BCUT2D eigenvalue weighted by molar-refractivity contribution is 7.80. The number of benzene rings is 2. The van der Waals surface area contributed by atoms with E-state index in [2.05, 4.69) is 15.8 Å². The van der Waals surface area contributed by atoms with Gasteiger partial charge in [0, 0.05) is 17.6 Å². The first-order valence-corrected chi connectivity index (χ1v) is 8.33. The van der Waals surface area contributed by atoms with Crippen LogP contribution in [0.1, 0.15) is 11.1 Å². The molecule has 9 nitrogen and oxygen atoms in total. The van der Waals surface area contributed by atoms with Gasteiger partial charge in [0.1, 0.15) is 0 Å². The zero-order chi connectivity index (χ0) is 19.4. The van der Waals surface area contributed by atoms with Crippen LogP contribution in [0.15, 0.2) is 35.4 Å². The first-order valence-electron chi connectivity index (χ1n) is 7.54. The van der Waals surface area contributed by atoms with Crippen LogP contribution in [0, 0.1) is 10.1 Å². The van der Waals surface area contributed by atoms with Crippen LogP contribution in [0.4, 0.5) is 5.69 Å². The summed E-state index contributed by atoms with van der Waals surface area (Å²) in [4.78, 5) is 10.0. The number of nitro benzene ring substituents is 1. The quantitative estimate of drug-likeness (QED) is 0.334. The summed E-state index contributed by atoms with van der Waals surface area (Å²) >= 11 is 10.9. The topological polar surface area (TPSA) is 121 Å². The van der Waals surface area contributed by atoms with Crippen molar-refractivity contribution in [1.82, 2.24) is 10.7 Å². The third-order valence-electron chi connectivity index (χ3n) is 3.52. The Balaban J connectivity index is 1.57. The lowest BCUT2D eigenvalue weighted by molar-refractivity contribution is -0.398. The third-order valence-corrected chi connectivity index (χ3v) is 3.97. The summed E-state index contributed by atoms with van der Waals surface area (Å²) in [5, 5.41) is 29.8. The molecule has 2 N–H and O–H groups in total. The summed E-state index contributed by atoms with van der Waals surface area (Å²) in [5.41, 5.74) is 2.80. The molecule has 0 aromatic heterocycles. The maximum Gasteiger partial charge on any atom is 0.263 e. The lowest BCUT2D eigenvalue weighted by atomic mass is 10.2. The lowest BCUT2D eigenvalue weighted by Gasteiger charge is -2.11. The maximum atomic E-state index is 12.0. The molecule has 0 spiro atoms. The first-order chi connectivity index (χ1) is 12.9. The van der Waals surface area contributed by atoms with E-state index in [-0.39, 0.29) is 22.5 Å². The molecule has 0 radical (unpaired) electrons. The molecule has 0 aliphatic carbocycles. The third kappa shape index (κ3) is 4.54. The number of fused-ring (bicyclic) bond motifs is 1. The molecule has 2 aromatic rings. The predicted molar refractivity (Wildman–Crippen MR) is 100 cm³/mol. The molecule has 0 saturated carbocycles. The fourth-order valence-corrected chi connectivity index (χ4v) is 2.61. The number of nitrogens with zero attached hydrogens (tertiary/aromatic N) is 2. The second-order valence-electron chi connectivity index (χ2n) is 5.34. The summed E-state index contributed by atoms with van der Waals surface area (Å²) in [6, 6.07) is 7.77. The molecular weight excluding hydrogens is 396 g/mol. The van der Waals surface area contributed by atoms with E-state index >= 15 is 0 Å². The minimum absolute atomic E-state index is 0.0275. The second kappa shape index (κ2) is 8.06. The van der Waals surface area contributed by atoms with Gasteiger partial charge in [0.2, 0.25) is 6.79 Å². The van der Waals surface area contributed by atoms with Crippen molar-refractivity contribution in [3.05, 3.63) is 56.6 Å². The minimum atomic E-state index is -0.795. The summed E-state index contributed by atoms with van der Waals surface area (Å²) < 4.78 is 10.5. The number of hydrogen-bond donors (Lipinski definition) is 2. The van der Waals surface area contributed by atoms with Crippen molar-refractivity contribution in [2.75, 3.05) is 6.79 Å². The van der Waals surface area contributed by atoms with Crippen LogP contribution in [0.3, 0.4) is 0 Å². The van der Waals surface area contributed by atoms with Gasteiger partial charge in [0.05, 0.1) is 11.1 Å². The van der Waals surface area contributed by atoms with Crippen LogP contribution in [0.25, 0.3) is 0 Å². The Hall–Kier alpha value is -3.11. The normalized spacial score (nSPS) is 12.2. The number of thiocarbonyl (C=S) groups is 1. The Morgan fingerprint density at radius 2 is 2.11 bits per heavy atom. The van der Waals surface area contributed by atoms with Gasteiger partial charge in [0.15, 0.2) is 16.6 Å². The van der Waals surface area contributed by atoms with Crippen LogP contribution in [0.5, 0.6) is 17.2 Å². The van der Waals surface area contributed by atoms with Crippen LogP contribution in [-0.2, 0) is 6.54 Å². The van der Waals surface area contributed by atoms with Crippen molar-refractivity contribution in [3.8, 4) is 17.2 Å². The van der Waals surface area contributed by atoms with Crippen molar-refractivity contribution in [3.63, 3.8) is 0 Å². The molecule has 1 aliphatic rings. The average molecular weight is 408 g/mol. The molecule has 2 aromatic carbocycles. The van der Waals surface area contributed by atoms with Gasteiger partial charge in [-0.3, -0.25) is 15.5 Å². The zero-order valence-electron chi connectivity index (χ0n) is 13.6. The van der Waals surface area contributed by atoms with Crippen molar-refractivity contribution in [2.24, 2.45) is 5.10 Å². The summed E-state index contributed by atoms with van der Waals surface area (Å²) in [6.07, 6.45) is 1.12. The number of hydrogen-bond acceptors (Lipinski definition) is 7. The Morgan fingerprint density at radius 3 is 2.89 bits per heavy atom. The monoisotopic (exact) mass is 407 g/mol. The largest absolute Gasteiger partial charge is 0.867 e. The fraction of sp³-hybridized carbons (Fsp3) is 0.125. The van der Waals surface area contributed by atoms with E-state index in [1.807, 2.05) is 12.1 Å². The number of ether oxygens (including phenoxy) is 2. The van der Waals surface area contributed by atoms with Crippen molar-refractivity contribution in [2.45, 2.75) is 6.54 Å². The average Bonchev–Trinajstić information content (AvgIpc) is 3.10. The number of nitro groups is 1. The molecule has 11 heteroatoms. The summed E-state index contributed by atoms with van der Waals surface area (Å²) in [7, 11) is 0. The Morgan fingerprint density at radius 1 is 1.33 bits per heavy atom. The van der Waals surface area contributed by atoms with E-state index in [1.54, 1.807) is 6.07 Å². The van der Waals surface area contributed by atoms with Gasteiger partial charge >= 0.3 is 0 Å². The second-order valence-corrected chi connectivity index (χ2v) is 6.19. The number of hydrazone groups is 1. The van der Waals surface area contributed by atoms with Crippen molar-refractivity contribution < 1.29 is 19.5 Å². The van der Waals surface area contributed by atoms with Gasteiger partial charge in [-0.1, -0.05) is 17.7 Å². The van der Waals surface area contributed by atoms with Crippen LogP contribution >= 0.6 is 23.8 Å². The number of halogens is 1. The molecule has 140 valence electrons. The summed E-state index contributed by atoms with van der Waals surface area (Å²) in [5.74, 6) is 0.569. The van der Waals surface area contributed by atoms with E-state index in [0.29, 0.717) is 18.0 Å². The summed E-state index contributed by atoms with van der Waals surface area (Å²) in [6.45, 7) is 0.609. The van der Waals surface area contributed by atoms with E-state index < -0.39 is 16.4 Å². The first kappa shape index (κ1) is 18.7. The molecule has 0 bridgehead atoms. The zero-order valence-corrected chi connectivity index (χ0v) is 15.2.